The lowest BCUT2D eigenvalue weighted by Gasteiger charge is -2.05. The van der Waals surface area contributed by atoms with Crippen LogP contribution in [0.2, 0.25) is 0 Å². The normalized spacial score (nSPS) is 10.9. The van der Waals surface area contributed by atoms with Gasteiger partial charge in [-0.25, -0.2) is 4.98 Å². The number of aromatic nitrogens is 6. The molecule has 7 nitrogen and oxygen atoms in total. The van der Waals surface area contributed by atoms with Crippen LogP contribution in [0.5, 0.6) is 0 Å². The first-order valence-corrected chi connectivity index (χ1v) is 5.87. The van der Waals surface area contributed by atoms with Crippen molar-refractivity contribution < 1.29 is 0 Å². The zero-order valence-corrected chi connectivity index (χ0v) is 9.85. The highest BCUT2D eigenvalue weighted by Gasteiger charge is 2.05. The first kappa shape index (κ1) is 10.1. The summed E-state index contributed by atoms with van der Waals surface area (Å²) in [5.41, 5.74) is 3.50. The van der Waals surface area contributed by atoms with Crippen molar-refractivity contribution >= 4 is 22.8 Å². The second-order valence-electron chi connectivity index (χ2n) is 3.46. The van der Waals surface area contributed by atoms with Gasteiger partial charge in [0.25, 0.3) is 0 Å². The van der Waals surface area contributed by atoms with Crippen molar-refractivity contribution in [2.45, 2.75) is 13.5 Å². The van der Waals surface area contributed by atoms with Crippen molar-refractivity contribution in [1.82, 2.24) is 30.0 Å². The first-order valence-electron chi connectivity index (χ1n) is 4.99. The molecule has 0 fully saturated rings. The lowest BCUT2D eigenvalue weighted by atomic mass is 10.4. The maximum atomic E-state index is 4.20. The van der Waals surface area contributed by atoms with Gasteiger partial charge in [-0.1, -0.05) is 0 Å². The number of nitrogens with one attached hydrogen (secondary N) is 1. The molecule has 0 aromatic carbocycles. The molecule has 8 heteroatoms. The molecule has 0 saturated heterocycles. The van der Waals surface area contributed by atoms with E-state index >= 15 is 0 Å². The van der Waals surface area contributed by atoms with Crippen LogP contribution in [0.25, 0.3) is 5.65 Å². The maximum absolute atomic E-state index is 4.20. The highest BCUT2D eigenvalue weighted by Crippen LogP contribution is 2.14. The summed E-state index contributed by atoms with van der Waals surface area (Å²) in [7, 11) is 0. The molecule has 0 amide bonds. The van der Waals surface area contributed by atoms with Gasteiger partial charge in [0.15, 0.2) is 11.5 Å². The number of thiazole rings is 1. The monoisotopic (exact) mass is 247 g/mol. The quantitative estimate of drug-likeness (QED) is 0.740. The molecule has 0 unspecified atom stereocenters. The average molecular weight is 247 g/mol. The molecule has 0 spiro atoms. The van der Waals surface area contributed by atoms with E-state index in [9.17, 15) is 0 Å². The number of anilines is 1. The minimum atomic E-state index is 0.621. The van der Waals surface area contributed by atoms with E-state index in [1.807, 2.05) is 12.4 Å². The number of fused-ring (bicyclic) bond motifs is 1. The third kappa shape index (κ3) is 1.82. The predicted molar refractivity (Wildman–Crippen MR) is 62.8 cm³/mol. The highest BCUT2D eigenvalue weighted by atomic mass is 32.1. The Bertz CT molecular complexity index is 643. The van der Waals surface area contributed by atoms with E-state index in [0.717, 1.165) is 11.5 Å². The van der Waals surface area contributed by atoms with Crippen LogP contribution in [0, 0.1) is 6.92 Å². The van der Waals surface area contributed by atoms with Crippen molar-refractivity contribution in [2.75, 3.05) is 5.32 Å². The molecular formula is C9H9N7S. The number of tetrazole rings is 1. The maximum Gasteiger partial charge on any atom is 0.199 e. The van der Waals surface area contributed by atoms with Crippen molar-refractivity contribution in [3.8, 4) is 0 Å². The van der Waals surface area contributed by atoms with Gasteiger partial charge in [0, 0.05) is 4.88 Å². The fourth-order valence-electron chi connectivity index (χ4n) is 1.46. The van der Waals surface area contributed by atoms with E-state index in [-0.39, 0.29) is 0 Å². The summed E-state index contributed by atoms with van der Waals surface area (Å²) in [6.07, 6.45) is 3.31. The molecule has 86 valence electrons. The summed E-state index contributed by atoms with van der Waals surface area (Å²) in [6, 6.07) is 0. The minimum Gasteiger partial charge on any atom is -0.364 e. The van der Waals surface area contributed by atoms with Crippen molar-refractivity contribution in [3.05, 3.63) is 28.5 Å². The lowest BCUT2D eigenvalue weighted by molar-refractivity contribution is 0.819. The van der Waals surface area contributed by atoms with Gasteiger partial charge in [-0.3, -0.25) is 4.98 Å². The van der Waals surface area contributed by atoms with Gasteiger partial charge in [0.05, 0.1) is 30.1 Å². The molecule has 0 saturated carbocycles. The molecular weight excluding hydrogens is 238 g/mol. The smallest absolute Gasteiger partial charge is 0.199 e. The van der Waals surface area contributed by atoms with E-state index in [0.29, 0.717) is 12.2 Å². The third-order valence-corrected chi connectivity index (χ3v) is 3.32. The number of aryl methyl sites for hydroxylation is 1. The largest absolute Gasteiger partial charge is 0.364 e. The van der Waals surface area contributed by atoms with Crippen LogP contribution in [0.3, 0.4) is 0 Å². The predicted octanol–water partition coefficient (Wildman–Crippen LogP) is 0.896. The molecule has 0 bridgehead atoms. The zero-order valence-electron chi connectivity index (χ0n) is 9.03. The topological polar surface area (TPSA) is 80.9 Å². The van der Waals surface area contributed by atoms with Crippen LogP contribution in [0.15, 0.2) is 17.9 Å². The van der Waals surface area contributed by atoms with Gasteiger partial charge in [0.2, 0.25) is 0 Å². The average Bonchev–Trinajstić information content (AvgIpc) is 2.95. The number of hydrogen-bond acceptors (Lipinski definition) is 7. The van der Waals surface area contributed by atoms with E-state index in [1.54, 1.807) is 28.2 Å². The Morgan fingerprint density at radius 2 is 2.35 bits per heavy atom. The van der Waals surface area contributed by atoms with Crippen molar-refractivity contribution in [3.63, 3.8) is 0 Å². The first-order chi connectivity index (χ1) is 8.34. The van der Waals surface area contributed by atoms with E-state index in [4.69, 9.17) is 0 Å². The SMILES string of the molecule is Cc1ncsc1CNc1cncc2nnnn12. The summed E-state index contributed by atoms with van der Waals surface area (Å²) in [6.45, 7) is 2.68. The van der Waals surface area contributed by atoms with Crippen LogP contribution < -0.4 is 5.32 Å². The second-order valence-corrected chi connectivity index (χ2v) is 4.40. The molecule has 0 aliphatic heterocycles. The Balaban J connectivity index is 1.86. The Morgan fingerprint density at radius 1 is 1.41 bits per heavy atom. The summed E-state index contributed by atoms with van der Waals surface area (Å²) < 4.78 is 1.61. The number of hydrogen-bond donors (Lipinski definition) is 1. The molecule has 0 radical (unpaired) electrons. The summed E-state index contributed by atoms with van der Waals surface area (Å²) in [5, 5.41) is 14.6. The molecule has 1 N–H and O–H groups in total. The van der Waals surface area contributed by atoms with Gasteiger partial charge >= 0.3 is 0 Å². The standard InChI is InChI=1S/C9H9N7S/c1-6-7(17-5-12-6)2-11-8-3-10-4-9-13-14-15-16(8)9/h3-5,11H,2H2,1H3. The minimum absolute atomic E-state index is 0.621. The Hall–Kier alpha value is -2.09. The molecule has 3 aromatic heterocycles. The van der Waals surface area contributed by atoms with Crippen LogP contribution in [0.4, 0.5) is 5.82 Å². The Labute approximate surface area is 101 Å². The Morgan fingerprint density at radius 3 is 3.18 bits per heavy atom. The van der Waals surface area contributed by atoms with Gasteiger partial charge in [-0.2, -0.15) is 4.52 Å². The zero-order chi connectivity index (χ0) is 11.7. The molecule has 17 heavy (non-hydrogen) atoms. The molecule has 3 aromatic rings. The molecule has 3 rings (SSSR count). The number of nitrogens with zero attached hydrogens (tertiary/aromatic N) is 6. The van der Waals surface area contributed by atoms with Gasteiger partial charge in [-0.15, -0.1) is 16.4 Å². The fourth-order valence-corrected chi connectivity index (χ4v) is 2.18. The molecule has 3 heterocycles. The second kappa shape index (κ2) is 4.06. The fraction of sp³-hybridized carbons (Fsp3) is 0.222. The van der Waals surface area contributed by atoms with E-state index in [1.165, 1.54) is 4.88 Å². The van der Waals surface area contributed by atoms with Crippen LogP contribution in [-0.2, 0) is 6.54 Å². The van der Waals surface area contributed by atoms with Crippen LogP contribution in [-0.4, -0.2) is 30.0 Å². The number of rotatable bonds is 3. The van der Waals surface area contributed by atoms with Gasteiger partial charge < -0.3 is 5.32 Å². The van der Waals surface area contributed by atoms with Crippen LogP contribution in [0.1, 0.15) is 10.6 Å². The van der Waals surface area contributed by atoms with E-state index in [2.05, 4.69) is 30.8 Å². The summed E-state index contributed by atoms with van der Waals surface area (Å²) >= 11 is 1.62. The molecule has 0 aliphatic rings. The van der Waals surface area contributed by atoms with E-state index < -0.39 is 0 Å². The third-order valence-electron chi connectivity index (χ3n) is 2.38. The van der Waals surface area contributed by atoms with Gasteiger partial charge in [0.1, 0.15) is 0 Å². The summed E-state index contributed by atoms with van der Waals surface area (Å²) in [4.78, 5) is 9.46. The molecule has 0 aliphatic carbocycles. The molecule has 0 atom stereocenters. The Kier molecular flexibility index (Phi) is 2.41. The van der Waals surface area contributed by atoms with Crippen molar-refractivity contribution in [2.24, 2.45) is 0 Å². The van der Waals surface area contributed by atoms with Gasteiger partial charge in [-0.05, 0) is 17.4 Å². The summed E-state index contributed by atoms with van der Waals surface area (Å²) in [5.74, 6) is 0.764. The van der Waals surface area contributed by atoms with Crippen molar-refractivity contribution in [1.29, 1.82) is 0 Å². The lowest BCUT2D eigenvalue weighted by Crippen LogP contribution is -2.05. The highest BCUT2D eigenvalue weighted by molar-refractivity contribution is 7.09. The van der Waals surface area contributed by atoms with Crippen LogP contribution >= 0.6 is 11.3 Å².